The molecular weight excluding hydrogens is 1470 g/mol. The number of ether oxygens (including phenoxy) is 1. The van der Waals surface area contributed by atoms with Crippen LogP contribution < -0.4 is 9.05 Å². The molecule has 17 heteroatoms. The fraction of sp³-hybridized carbons (Fsp3) is 0.874. The van der Waals surface area contributed by atoms with Gasteiger partial charge in [-0.25, -0.2) is 0 Å². The first-order chi connectivity index (χ1) is 55.0. The van der Waals surface area contributed by atoms with Gasteiger partial charge in [-0.15, -0.1) is 0 Å². The lowest BCUT2D eigenvalue weighted by molar-refractivity contribution is 0.0807. The number of unbranched alkanes of at least 4 members (excludes halogenated alkanes) is 47. The van der Waals surface area contributed by atoms with Crippen LogP contribution in [0.3, 0.4) is 0 Å². The second-order valence-corrected chi connectivity index (χ2v) is 36.5. The molecule has 2 aromatic rings. The van der Waals surface area contributed by atoms with Crippen LogP contribution in [0.5, 0.6) is 11.5 Å². The standard InChI is InChI=1S/C36H75O3P.C26H55O4P.C20H27O3P.C13H29O3P/c1-4-7-10-13-16-19-22-25-28-31-34-37-40(38-35-32-29-26-23-20-17-14-11-8-5-2)39-36-33-30-27-24-21-18-15-12-9-6-3;1-6-7-20-27-23-24-30-31(28-21-16-12-8-10-14-18-25(2)3)29-22-17-13-9-11-15-19-26(4)5;1-3-5-12-18(4-2)17-21-24(22-19-13-8-6-9-14-19)23-20-15-10-7-11-16-20;1-2-3-4-5-6-7-8-9-10-11-12-13-16-17(14)15/h4-36H2,1-3H3;25-26H,6-24H2,1-5H3;6-11,13-16,18H,3-5,12,17H2,1-2H3;14-15H,2-13H2,1H3. The summed E-state index contributed by atoms with van der Waals surface area (Å²) < 4.78 is 64.3. The minimum Gasteiger partial charge on any atom is -0.418 e. The molecule has 0 radical (unpaired) electrons. The highest BCUT2D eigenvalue weighted by Crippen LogP contribution is 2.44. The lowest BCUT2D eigenvalue weighted by Gasteiger charge is -2.20. The van der Waals surface area contributed by atoms with Crippen LogP contribution in [0.1, 0.15) is 455 Å². The Kier molecular flexibility index (Phi) is 98.6. The summed E-state index contributed by atoms with van der Waals surface area (Å²) >= 11 is 0. The van der Waals surface area contributed by atoms with Crippen LogP contribution in [-0.4, -0.2) is 75.9 Å². The number of hydrogen-bond acceptors (Lipinski definition) is 13. The molecule has 0 spiro atoms. The zero-order valence-corrected chi connectivity index (χ0v) is 79.0. The van der Waals surface area contributed by atoms with Crippen LogP contribution >= 0.6 is 34.4 Å². The Morgan fingerprint density at radius 2 is 0.500 bits per heavy atom. The second-order valence-electron chi connectivity index (χ2n) is 32.2. The van der Waals surface area contributed by atoms with E-state index < -0.39 is 34.4 Å². The van der Waals surface area contributed by atoms with Gasteiger partial charge in [-0.3, -0.25) is 4.52 Å². The summed E-state index contributed by atoms with van der Waals surface area (Å²) in [6.45, 7) is 31.9. The van der Waals surface area contributed by atoms with E-state index in [0.29, 0.717) is 32.3 Å². The van der Waals surface area contributed by atoms with Gasteiger partial charge in [0.1, 0.15) is 11.5 Å². The smallest absolute Gasteiger partial charge is 0.418 e. The molecule has 0 aliphatic carbocycles. The van der Waals surface area contributed by atoms with E-state index in [1.165, 1.54) is 315 Å². The first-order valence-corrected chi connectivity index (χ1v) is 52.1. The zero-order valence-electron chi connectivity index (χ0n) is 75.5. The average molecular weight is 1660 g/mol. The number of hydrogen-bond donors (Lipinski definition) is 2. The van der Waals surface area contributed by atoms with Crippen molar-refractivity contribution in [1.82, 2.24) is 0 Å². The van der Waals surface area contributed by atoms with Crippen LogP contribution in [0.4, 0.5) is 0 Å². The Bertz CT molecular complexity index is 1860. The molecule has 0 aliphatic rings. The van der Waals surface area contributed by atoms with E-state index in [1.54, 1.807) is 0 Å². The molecule has 0 saturated carbocycles. The molecule has 2 rings (SSSR count). The van der Waals surface area contributed by atoms with Crippen LogP contribution in [-0.2, 0) is 40.9 Å². The SMILES string of the molecule is CCCCC(CC)COP(Oc1ccccc1)Oc1ccccc1.CCCCCCCCCCCCCOP(O)O.CCCCCCCCCCCCOP(OCCCCCCCCCCCC)OCCCCCCCCCCCC.CCCCOCCOP(OCCCCCCCC(C)C)OCCCCCCCC(C)C. The van der Waals surface area contributed by atoms with E-state index in [1.807, 2.05) is 60.7 Å². The molecule has 1 atom stereocenters. The van der Waals surface area contributed by atoms with E-state index in [-0.39, 0.29) is 0 Å². The maximum Gasteiger partial charge on any atom is 0.463 e. The Morgan fingerprint density at radius 3 is 0.768 bits per heavy atom. The van der Waals surface area contributed by atoms with E-state index in [9.17, 15) is 0 Å². The minimum atomic E-state index is -2.14. The topological polar surface area (TPSA) is 142 Å². The molecule has 664 valence electrons. The van der Waals surface area contributed by atoms with Crippen molar-refractivity contribution in [1.29, 1.82) is 0 Å². The summed E-state index contributed by atoms with van der Waals surface area (Å²) in [4.78, 5) is 17.0. The summed E-state index contributed by atoms with van der Waals surface area (Å²) in [5, 5.41) is 0. The third-order valence-electron chi connectivity index (χ3n) is 20.2. The van der Waals surface area contributed by atoms with Crippen molar-refractivity contribution < 1.29 is 59.8 Å². The normalized spacial score (nSPS) is 11.8. The maximum atomic E-state index is 8.51. The van der Waals surface area contributed by atoms with Crippen LogP contribution in [0, 0.1) is 17.8 Å². The van der Waals surface area contributed by atoms with E-state index in [2.05, 4.69) is 76.2 Å². The van der Waals surface area contributed by atoms with Gasteiger partial charge in [0.05, 0.1) is 59.5 Å². The molecule has 0 amide bonds. The van der Waals surface area contributed by atoms with Crippen molar-refractivity contribution in [3.05, 3.63) is 60.7 Å². The van der Waals surface area contributed by atoms with Crippen LogP contribution in [0.25, 0.3) is 0 Å². The monoisotopic (exact) mass is 1660 g/mol. The molecular formula is C95H186O13P4. The van der Waals surface area contributed by atoms with Gasteiger partial charge in [0.25, 0.3) is 0 Å². The van der Waals surface area contributed by atoms with Gasteiger partial charge in [-0.05, 0) is 93.4 Å². The van der Waals surface area contributed by atoms with Gasteiger partial charge in [-0.1, -0.05) is 440 Å². The van der Waals surface area contributed by atoms with Gasteiger partial charge in [0.15, 0.2) is 0 Å². The highest BCUT2D eigenvalue weighted by molar-refractivity contribution is 7.42. The van der Waals surface area contributed by atoms with E-state index in [0.717, 1.165) is 127 Å². The molecule has 2 N–H and O–H groups in total. The minimum absolute atomic E-state index is 0.482. The number of benzene rings is 2. The summed E-state index contributed by atoms with van der Waals surface area (Å²) in [6, 6.07) is 19.4. The predicted octanol–water partition coefficient (Wildman–Crippen LogP) is 34.2. The first-order valence-electron chi connectivity index (χ1n) is 47.6. The fourth-order valence-corrected chi connectivity index (χ4v) is 16.2. The van der Waals surface area contributed by atoms with Crippen molar-refractivity contribution >= 4 is 34.4 Å². The first kappa shape index (κ1) is 113. The molecule has 13 nitrogen and oxygen atoms in total. The van der Waals surface area contributed by atoms with Crippen molar-refractivity contribution in [2.75, 3.05) is 66.1 Å². The van der Waals surface area contributed by atoms with Crippen LogP contribution in [0.2, 0.25) is 0 Å². The van der Waals surface area contributed by atoms with Gasteiger partial charge in [0.2, 0.25) is 0 Å². The summed E-state index contributed by atoms with van der Waals surface area (Å²) in [6.07, 6.45) is 77.3. The molecule has 0 saturated heterocycles. The van der Waals surface area contributed by atoms with Gasteiger partial charge < -0.3 is 55.2 Å². The lowest BCUT2D eigenvalue weighted by atomic mass is 10.0. The van der Waals surface area contributed by atoms with Crippen molar-refractivity contribution in [3.63, 3.8) is 0 Å². The average Bonchev–Trinajstić information content (AvgIpc) is 0.895. The zero-order chi connectivity index (χ0) is 81.8. The number of para-hydroxylation sites is 2. The second kappa shape index (κ2) is 97.4. The molecule has 0 heterocycles. The highest BCUT2D eigenvalue weighted by Gasteiger charge is 2.20. The highest BCUT2D eigenvalue weighted by atomic mass is 31.2. The Morgan fingerprint density at radius 1 is 0.241 bits per heavy atom. The third-order valence-corrected chi connectivity index (χ3v) is 24.0. The van der Waals surface area contributed by atoms with Gasteiger partial charge in [0, 0.05) is 6.61 Å². The summed E-state index contributed by atoms with van der Waals surface area (Å²) in [5.74, 6) is 3.73. The predicted molar refractivity (Wildman–Crippen MR) is 490 cm³/mol. The largest absolute Gasteiger partial charge is 0.463 e. The molecule has 1 unspecified atom stereocenters. The Labute approximate surface area is 701 Å². The van der Waals surface area contributed by atoms with Gasteiger partial charge >= 0.3 is 34.4 Å². The Balaban J connectivity index is 0. The summed E-state index contributed by atoms with van der Waals surface area (Å²) in [5.41, 5.74) is 0. The maximum absolute atomic E-state index is 8.51. The summed E-state index contributed by atoms with van der Waals surface area (Å²) in [7, 11) is -6.01. The number of rotatable bonds is 85. The van der Waals surface area contributed by atoms with Crippen molar-refractivity contribution in [2.24, 2.45) is 17.8 Å². The molecule has 0 aromatic heterocycles. The van der Waals surface area contributed by atoms with Crippen LogP contribution in [0.15, 0.2) is 60.7 Å². The molecule has 0 bridgehead atoms. The molecule has 0 fully saturated rings. The van der Waals surface area contributed by atoms with E-state index >= 15 is 0 Å². The lowest BCUT2D eigenvalue weighted by Crippen LogP contribution is -2.10. The Hall–Kier alpha value is -0.680. The molecule has 112 heavy (non-hydrogen) atoms. The van der Waals surface area contributed by atoms with Crippen molar-refractivity contribution in [2.45, 2.75) is 455 Å². The quantitative estimate of drug-likeness (QED) is 0.0480. The van der Waals surface area contributed by atoms with Crippen molar-refractivity contribution in [3.8, 4) is 11.5 Å². The fourth-order valence-electron chi connectivity index (χ4n) is 12.8. The molecule has 0 aliphatic heterocycles. The van der Waals surface area contributed by atoms with Gasteiger partial charge in [-0.2, -0.15) is 0 Å². The third kappa shape index (κ3) is 93.2. The molecule has 2 aromatic carbocycles. The van der Waals surface area contributed by atoms with E-state index in [4.69, 9.17) is 59.8 Å².